The number of aliphatic carboxylic acids is 1. The van der Waals surface area contributed by atoms with E-state index in [1.165, 1.54) is 4.31 Å². The van der Waals surface area contributed by atoms with E-state index in [1.54, 1.807) is 0 Å². The summed E-state index contributed by atoms with van der Waals surface area (Å²) in [7, 11) is -3.34. The van der Waals surface area contributed by atoms with Crippen molar-refractivity contribution in [3.05, 3.63) is 0 Å². The molecular weight excluding hydrogens is 288 g/mol. The van der Waals surface area contributed by atoms with Crippen LogP contribution in [0.3, 0.4) is 0 Å². The Balaban J connectivity index is 2.58. The van der Waals surface area contributed by atoms with Crippen molar-refractivity contribution >= 4 is 21.9 Å². The van der Waals surface area contributed by atoms with Gasteiger partial charge in [0.1, 0.15) is 0 Å². The van der Waals surface area contributed by atoms with E-state index < -0.39 is 40.0 Å². The van der Waals surface area contributed by atoms with Gasteiger partial charge >= 0.3 is 5.97 Å². The van der Waals surface area contributed by atoms with Crippen LogP contribution in [0.15, 0.2) is 0 Å². The average molecular weight is 308 g/mol. The van der Waals surface area contributed by atoms with Crippen LogP contribution >= 0.6 is 0 Å². The summed E-state index contributed by atoms with van der Waals surface area (Å²) < 4.78 is 24.1. The maximum atomic E-state index is 11.9. The number of hydrogen-bond acceptors (Lipinski definition) is 5. The van der Waals surface area contributed by atoms with E-state index in [2.05, 4.69) is 5.32 Å². The van der Waals surface area contributed by atoms with Crippen LogP contribution in [0.25, 0.3) is 0 Å². The molecule has 8 nitrogen and oxygen atoms in total. The average Bonchev–Trinajstić information content (AvgIpc) is 2.35. The number of aliphatic hydroxyl groups is 1. The van der Waals surface area contributed by atoms with Gasteiger partial charge in [0.2, 0.25) is 15.9 Å². The molecule has 9 heteroatoms. The first-order valence-corrected chi connectivity index (χ1v) is 8.07. The quantitative estimate of drug-likeness (QED) is 0.574. The Hall–Kier alpha value is -1.19. The molecule has 0 saturated carbocycles. The number of carboxylic acid groups (broad SMARTS) is 1. The highest BCUT2D eigenvalue weighted by Gasteiger charge is 2.33. The van der Waals surface area contributed by atoms with E-state index in [4.69, 9.17) is 5.11 Å². The van der Waals surface area contributed by atoms with Gasteiger partial charge in [-0.05, 0) is 19.8 Å². The number of nitrogens with zero attached hydrogens (tertiary/aromatic N) is 1. The Morgan fingerprint density at radius 2 is 2.05 bits per heavy atom. The van der Waals surface area contributed by atoms with Crippen LogP contribution in [-0.4, -0.2) is 66.3 Å². The number of hydrogen-bond donors (Lipinski definition) is 3. The van der Waals surface area contributed by atoms with E-state index in [0.717, 1.165) is 13.2 Å². The highest BCUT2D eigenvalue weighted by atomic mass is 32.2. The summed E-state index contributed by atoms with van der Waals surface area (Å²) in [6.45, 7) is 1.13. The van der Waals surface area contributed by atoms with Gasteiger partial charge in [-0.25, -0.2) is 17.5 Å². The molecule has 0 aromatic rings. The smallest absolute Gasteiger partial charge is 0.337 e. The van der Waals surface area contributed by atoms with Crippen molar-refractivity contribution in [3.8, 4) is 0 Å². The number of carbonyl (C=O) groups is 2. The summed E-state index contributed by atoms with van der Waals surface area (Å²) in [6, 6.07) is 0. The summed E-state index contributed by atoms with van der Waals surface area (Å²) in [6.07, 6.45) is 2.19. The highest BCUT2D eigenvalue weighted by Crippen LogP contribution is 2.19. The first-order chi connectivity index (χ1) is 9.04. The lowest BCUT2D eigenvalue weighted by Gasteiger charge is -2.30. The fourth-order valence-corrected chi connectivity index (χ4v) is 2.85. The van der Waals surface area contributed by atoms with Gasteiger partial charge in [0.25, 0.3) is 0 Å². The lowest BCUT2D eigenvalue weighted by Crippen LogP contribution is -2.50. The second-order valence-corrected chi connectivity index (χ2v) is 7.24. The van der Waals surface area contributed by atoms with Crippen molar-refractivity contribution in [1.29, 1.82) is 0 Å². The van der Waals surface area contributed by atoms with Gasteiger partial charge in [-0.1, -0.05) is 0 Å². The van der Waals surface area contributed by atoms with Gasteiger partial charge in [-0.15, -0.1) is 0 Å². The zero-order chi connectivity index (χ0) is 15.6. The molecule has 20 heavy (non-hydrogen) atoms. The molecule has 0 aromatic heterocycles. The lowest BCUT2D eigenvalue weighted by atomic mass is 9.98. The second-order valence-electron chi connectivity index (χ2n) is 5.26. The molecule has 3 N–H and O–H groups in total. The number of amides is 1. The Bertz CT molecular complexity index is 487. The van der Waals surface area contributed by atoms with Gasteiger partial charge in [-0.3, -0.25) is 4.79 Å². The van der Waals surface area contributed by atoms with Crippen LogP contribution in [0.5, 0.6) is 0 Å². The number of carbonyl (C=O) groups excluding carboxylic acids is 1. The summed E-state index contributed by atoms with van der Waals surface area (Å²) in [5.74, 6) is -2.40. The van der Waals surface area contributed by atoms with Crippen molar-refractivity contribution in [2.24, 2.45) is 5.92 Å². The zero-order valence-corrected chi connectivity index (χ0v) is 12.3. The molecule has 0 aromatic carbocycles. The van der Waals surface area contributed by atoms with E-state index in [0.29, 0.717) is 19.4 Å². The Labute approximate surface area is 117 Å². The molecule has 1 amide bonds. The molecule has 1 fully saturated rings. The molecule has 1 heterocycles. The fourth-order valence-electron chi connectivity index (χ4n) is 1.94. The third-order valence-electron chi connectivity index (χ3n) is 3.29. The first kappa shape index (κ1) is 16.9. The molecule has 1 rings (SSSR count). The van der Waals surface area contributed by atoms with Crippen LogP contribution < -0.4 is 5.32 Å². The molecule has 1 saturated heterocycles. The van der Waals surface area contributed by atoms with Crippen LogP contribution in [0, 0.1) is 5.92 Å². The summed E-state index contributed by atoms with van der Waals surface area (Å²) in [4.78, 5) is 22.6. The number of rotatable bonds is 5. The molecule has 2 unspecified atom stereocenters. The van der Waals surface area contributed by atoms with Crippen LogP contribution in [-0.2, 0) is 19.6 Å². The summed E-state index contributed by atoms with van der Waals surface area (Å²) in [5.41, 5.74) is -2.04. The third-order valence-corrected chi connectivity index (χ3v) is 4.56. The topological polar surface area (TPSA) is 124 Å². The number of piperidine rings is 1. The maximum Gasteiger partial charge on any atom is 0.337 e. The molecular formula is C11H20N2O6S. The third kappa shape index (κ3) is 4.43. The predicted octanol–water partition coefficient (Wildman–Crippen LogP) is -1.39. The SMILES string of the molecule is CC(O)(CNC(=O)C1CCCN(S(C)(=O)=O)C1)C(=O)O. The van der Waals surface area contributed by atoms with Gasteiger partial charge < -0.3 is 15.5 Å². The van der Waals surface area contributed by atoms with E-state index >= 15 is 0 Å². The molecule has 1 aliphatic rings. The van der Waals surface area contributed by atoms with Gasteiger partial charge in [0.05, 0.1) is 18.7 Å². The Morgan fingerprint density at radius 3 is 2.55 bits per heavy atom. The monoisotopic (exact) mass is 308 g/mol. The molecule has 0 bridgehead atoms. The fraction of sp³-hybridized carbons (Fsp3) is 0.818. The Morgan fingerprint density at radius 1 is 1.45 bits per heavy atom. The van der Waals surface area contributed by atoms with E-state index in [1.807, 2.05) is 0 Å². The largest absolute Gasteiger partial charge is 0.479 e. The van der Waals surface area contributed by atoms with Crippen molar-refractivity contribution < 1.29 is 28.2 Å². The van der Waals surface area contributed by atoms with Crippen LogP contribution in [0.4, 0.5) is 0 Å². The summed E-state index contributed by atoms with van der Waals surface area (Å²) in [5, 5.41) is 20.6. The molecule has 0 aliphatic carbocycles. The zero-order valence-electron chi connectivity index (χ0n) is 11.5. The minimum Gasteiger partial charge on any atom is -0.479 e. The summed E-state index contributed by atoms with van der Waals surface area (Å²) >= 11 is 0. The van der Waals surface area contributed by atoms with Crippen molar-refractivity contribution in [1.82, 2.24) is 9.62 Å². The standard InChI is InChI=1S/C11H20N2O6S/c1-11(17,10(15)16)7-12-9(14)8-4-3-5-13(6-8)20(2,18)19/h8,17H,3-7H2,1-2H3,(H,12,14)(H,15,16). The first-order valence-electron chi connectivity index (χ1n) is 6.22. The van der Waals surface area contributed by atoms with E-state index in [-0.39, 0.29) is 6.54 Å². The number of carboxylic acids is 1. The van der Waals surface area contributed by atoms with Crippen molar-refractivity contribution in [3.63, 3.8) is 0 Å². The second kappa shape index (κ2) is 6.06. The van der Waals surface area contributed by atoms with Gasteiger partial charge in [-0.2, -0.15) is 0 Å². The van der Waals surface area contributed by atoms with Gasteiger partial charge in [0, 0.05) is 13.1 Å². The maximum absolute atomic E-state index is 11.9. The Kier molecular flexibility index (Phi) is 5.11. The lowest BCUT2D eigenvalue weighted by molar-refractivity contribution is -0.156. The molecule has 0 radical (unpaired) electrons. The normalized spacial score (nSPS) is 23.9. The molecule has 2 atom stereocenters. The van der Waals surface area contributed by atoms with E-state index in [9.17, 15) is 23.1 Å². The van der Waals surface area contributed by atoms with Crippen LogP contribution in [0.2, 0.25) is 0 Å². The predicted molar refractivity (Wildman–Crippen MR) is 70.4 cm³/mol. The number of nitrogens with one attached hydrogen (secondary N) is 1. The number of sulfonamides is 1. The van der Waals surface area contributed by atoms with Crippen molar-refractivity contribution in [2.45, 2.75) is 25.4 Å². The van der Waals surface area contributed by atoms with Crippen molar-refractivity contribution in [2.75, 3.05) is 25.9 Å². The van der Waals surface area contributed by atoms with Crippen LogP contribution in [0.1, 0.15) is 19.8 Å². The highest BCUT2D eigenvalue weighted by molar-refractivity contribution is 7.88. The van der Waals surface area contributed by atoms with Gasteiger partial charge in [0.15, 0.2) is 5.60 Å². The molecule has 116 valence electrons. The minimum atomic E-state index is -3.34. The minimum absolute atomic E-state index is 0.0832. The molecule has 0 spiro atoms. The molecule has 1 aliphatic heterocycles.